The maximum absolute atomic E-state index is 13.0. The second-order valence-corrected chi connectivity index (χ2v) is 7.43. The number of hydrogen-bond donors (Lipinski definition) is 2. The van der Waals surface area contributed by atoms with Crippen molar-refractivity contribution in [3.05, 3.63) is 80.3 Å². The van der Waals surface area contributed by atoms with Crippen LogP contribution in [0, 0.1) is 20.8 Å². The first kappa shape index (κ1) is 18.9. The van der Waals surface area contributed by atoms with E-state index in [9.17, 15) is 9.59 Å². The molecule has 2 N–H and O–H groups in total. The minimum Gasteiger partial charge on any atom is -0.465 e. The summed E-state index contributed by atoms with van der Waals surface area (Å²) in [6.07, 6.45) is 0. The van der Waals surface area contributed by atoms with Gasteiger partial charge in [-0.25, -0.2) is 4.79 Å². The molecular formula is C21H22N2O3S. The van der Waals surface area contributed by atoms with Gasteiger partial charge in [0, 0.05) is 10.6 Å². The molecule has 0 saturated heterocycles. The number of H-pyrrole nitrogens is 1. The summed E-state index contributed by atoms with van der Waals surface area (Å²) in [5.41, 5.74) is 4.16. The first-order valence-corrected chi connectivity index (χ1v) is 9.48. The largest absolute Gasteiger partial charge is 0.465 e. The summed E-state index contributed by atoms with van der Waals surface area (Å²) in [4.78, 5) is 29.1. The van der Waals surface area contributed by atoms with Crippen LogP contribution in [0.4, 0.5) is 0 Å². The van der Waals surface area contributed by atoms with Crippen molar-refractivity contribution in [3.63, 3.8) is 0 Å². The molecule has 0 aliphatic carbocycles. The number of aromatic nitrogens is 1. The maximum atomic E-state index is 13.0. The van der Waals surface area contributed by atoms with Gasteiger partial charge in [0.2, 0.25) is 0 Å². The van der Waals surface area contributed by atoms with Crippen LogP contribution in [0.1, 0.15) is 54.1 Å². The van der Waals surface area contributed by atoms with Crippen molar-refractivity contribution in [3.8, 4) is 0 Å². The van der Waals surface area contributed by atoms with Crippen LogP contribution >= 0.6 is 11.3 Å². The number of thiophene rings is 1. The molecule has 5 nitrogen and oxygen atoms in total. The van der Waals surface area contributed by atoms with Crippen LogP contribution in [0.25, 0.3) is 0 Å². The lowest BCUT2D eigenvalue weighted by atomic mass is 10.0. The number of esters is 1. The Balaban J connectivity index is 1.94. The summed E-state index contributed by atoms with van der Waals surface area (Å²) >= 11 is 1.59. The summed E-state index contributed by atoms with van der Waals surface area (Å²) in [5.74, 6) is -0.710. The number of rotatable bonds is 5. The third-order valence-corrected chi connectivity index (χ3v) is 5.51. The van der Waals surface area contributed by atoms with E-state index in [1.165, 1.54) is 7.11 Å². The average molecular weight is 382 g/mol. The van der Waals surface area contributed by atoms with Crippen molar-refractivity contribution >= 4 is 23.2 Å². The van der Waals surface area contributed by atoms with Crippen LogP contribution < -0.4 is 5.32 Å². The van der Waals surface area contributed by atoms with E-state index in [2.05, 4.69) is 10.3 Å². The summed E-state index contributed by atoms with van der Waals surface area (Å²) in [6, 6.07) is 11.8. The standard InChI is InChI=1S/C21H22N2O3S/c1-12-7-9-15(10-8-12)19(16-6-5-11-27-16)23-20(24)18-13(2)17(14(3)22-18)21(25)26-4/h5-11,19,22H,1-4H3,(H,23,24). The van der Waals surface area contributed by atoms with Gasteiger partial charge in [0.05, 0.1) is 18.7 Å². The molecule has 2 heterocycles. The summed E-state index contributed by atoms with van der Waals surface area (Å²) in [5, 5.41) is 5.09. The van der Waals surface area contributed by atoms with Crippen LogP contribution in [0.2, 0.25) is 0 Å². The Hall–Kier alpha value is -2.86. The molecule has 6 heteroatoms. The number of hydrogen-bond acceptors (Lipinski definition) is 4. The lowest BCUT2D eigenvalue weighted by molar-refractivity contribution is 0.0599. The molecule has 1 aromatic carbocycles. The van der Waals surface area contributed by atoms with Crippen molar-refractivity contribution in [1.82, 2.24) is 10.3 Å². The SMILES string of the molecule is COC(=O)c1c(C)[nH]c(C(=O)NC(c2ccc(C)cc2)c2cccs2)c1C. The maximum Gasteiger partial charge on any atom is 0.339 e. The Morgan fingerprint density at radius 2 is 1.81 bits per heavy atom. The van der Waals surface area contributed by atoms with Crippen molar-refractivity contribution in [2.24, 2.45) is 0 Å². The molecule has 0 saturated carbocycles. The number of aryl methyl sites for hydroxylation is 2. The van der Waals surface area contributed by atoms with Crippen molar-refractivity contribution in [1.29, 1.82) is 0 Å². The Morgan fingerprint density at radius 3 is 2.41 bits per heavy atom. The molecule has 0 aliphatic rings. The van der Waals surface area contributed by atoms with Gasteiger partial charge in [0.25, 0.3) is 5.91 Å². The van der Waals surface area contributed by atoms with Gasteiger partial charge in [-0.1, -0.05) is 35.9 Å². The Morgan fingerprint density at radius 1 is 1.11 bits per heavy atom. The number of ether oxygens (including phenoxy) is 1. The number of benzene rings is 1. The van der Waals surface area contributed by atoms with Crippen molar-refractivity contribution in [2.45, 2.75) is 26.8 Å². The highest BCUT2D eigenvalue weighted by molar-refractivity contribution is 7.10. The lowest BCUT2D eigenvalue weighted by Gasteiger charge is -2.18. The Kier molecular flexibility index (Phi) is 5.46. The molecule has 0 fully saturated rings. The van der Waals surface area contributed by atoms with Crippen molar-refractivity contribution in [2.75, 3.05) is 7.11 Å². The smallest absolute Gasteiger partial charge is 0.339 e. The molecular weight excluding hydrogens is 360 g/mol. The zero-order chi connectivity index (χ0) is 19.6. The van der Waals surface area contributed by atoms with Gasteiger partial charge >= 0.3 is 5.97 Å². The van der Waals surface area contributed by atoms with E-state index >= 15 is 0 Å². The third kappa shape index (κ3) is 3.80. The predicted octanol–water partition coefficient (Wildman–Crippen LogP) is 4.31. The van der Waals surface area contributed by atoms with Gasteiger partial charge < -0.3 is 15.0 Å². The van der Waals surface area contributed by atoms with Crippen LogP contribution in [-0.2, 0) is 4.74 Å². The zero-order valence-electron chi connectivity index (χ0n) is 15.8. The van der Waals surface area contributed by atoms with E-state index in [-0.39, 0.29) is 11.9 Å². The Labute approximate surface area is 162 Å². The second-order valence-electron chi connectivity index (χ2n) is 6.45. The first-order valence-electron chi connectivity index (χ1n) is 8.60. The van der Waals surface area contributed by atoms with Crippen LogP contribution in [0.3, 0.4) is 0 Å². The fourth-order valence-corrected chi connectivity index (χ4v) is 3.92. The number of amides is 1. The van der Waals surface area contributed by atoms with E-state index in [0.717, 1.165) is 16.0 Å². The van der Waals surface area contributed by atoms with E-state index in [0.29, 0.717) is 22.5 Å². The number of methoxy groups -OCH3 is 1. The molecule has 2 aromatic heterocycles. The summed E-state index contributed by atoms with van der Waals surface area (Å²) in [6.45, 7) is 5.53. The molecule has 1 amide bonds. The highest BCUT2D eigenvalue weighted by atomic mass is 32.1. The van der Waals surface area contributed by atoms with E-state index < -0.39 is 5.97 Å². The topological polar surface area (TPSA) is 71.2 Å². The fourth-order valence-electron chi connectivity index (χ4n) is 3.12. The van der Waals surface area contributed by atoms with Crippen LogP contribution in [0.5, 0.6) is 0 Å². The van der Waals surface area contributed by atoms with E-state index in [4.69, 9.17) is 4.74 Å². The first-order chi connectivity index (χ1) is 12.9. The lowest BCUT2D eigenvalue weighted by Crippen LogP contribution is -2.29. The third-order valence-electron chi connectivity index (χ3n) is 4.57. The Bertz CT molecular complexity index is 956. The minimum absolute atomic E-state index is 0.260. The van der Waals surface area contributed by atoms with Crippen LogP contribution in [-0.4, -0.2) is 24.0 Å². The quantitative estimate of drug-likeness (QED) is 0.646. The van der Waals surface area contributed by atoms with Crippen molar-refractivity contribution < 1.29 is 14.3 Å². The van der Waals surface area contributed by atoms with E-state index in [1.807, 2.05) is 48.7 Å². The summed E-state index contributed by atoms with van der Waals surface area (Å²) in [7, 11) is 1.33. The molecule has 140 valence electrons. The fraction of sp³-hybridized carbons (Fsp3) is 0.238. The van der Waals surface area contributed by atoms with Gasteiger partial charge in [-0.15, -0.1) is 11.3 Å². The second kappa shape index (κ2) is 7.80. The number of aromatic amines is 1. The van der Waals surface area contributed by atoms with Gasteiger partial charge in [-0.3, -0.25) is 4.79 Å². The molecule has 0 radical (unpaired) electrons. The molecule has 1 atom stereocenters. The molecule has 0 spiro atoms. The van der Waals surface area contributed by atoms with Crippen LogP contribution in [0.15, 0.2) is 41.8 Å². The average Bonchev–Trinajstić information content (AvgIpc) is 3.28. The van der Waals surface area contributed by atoms with Gasteiger partial charge in [0.15, 0.2) is 0 Å². The molecule has 3 aromatic rings. The van der Waals surface area contributed by atoms with E-state index in [1.54, 1.807) is 25.2 Å². The monoisotopic (exact) mass is 382 g/mol. The minimum atomic E-state index is -0.450. The molecule has 27 heavy (non-hydrogen) atoms. The predicted molar refractivity (Wildman–Crippen MR) is 106 cm³/mol. The zero-order valence-corrected chi connectivity index (χ0v) is 16.6. The normalized spacial score (nSPS) is 11.9. The highest BCUT2D eigenvalue weighted by Gasteiger charge is 2.25. The molecule has 1 unspecified atom stereocenters. The highest BCUT2D eigenvalue weighted by Crippen LogP contribution is 2.27. The van der Waals surface area contributed by atoms with Gasteiger partial charge in [0.1, 0.15) is 5.69 Å². The number of carbonyl (C=O) groups excluding carboxylic acids is 2. The van der Waals surface area contributed by atoms with Gasteiger partial charge in [-0.05, 0) is 43.3 Å². The molecule has 3 rings (SSSR count). The summed E-state index contributed by atoms with van der Waals surface area (Å²) < 4.78 is 4.82. The number of nitrogens with one attached hydrogen (secondary N) is 2. The van der Waals surface area contributed by atoms with Gasteiger partial charge in [-0.2, -0.15) is 0 Å². The molecule has 0 bridgehead atoms. The molecule has 0 aliphatic heterocycles. The number of carbonyl (C=O) groups is 2.